The van der Waals surface area contributed by atoms with Crippen molar-refractivity contribution in [1.82, 2.24) is 9.97 Å². The number of anilines is 2. The standard InChI is InChI=1S/C22H16F3N5O2/c23-16-4-1-12(7-17(16)24)29-22(31)30-13-2-6-21(18(25)8-13)32-15-3-5-19-20(9-15)28-14(10-26)11-27-19/h1-9,11H,10,26H2,(H2,29,30,31). The second-order valence-corrected chi connectivity index (χ2v) is 6.67. The number of urea groups is 1. The van der Waals surface area contributed by atoms with Gasteiger partial charge >= 0.3 is 6.03 Å². The molecule has 1 aromatic heterocycles. The highest BCUT2D eigenvalue weighted by Crippen LogP contribution is 2.28. The van der Waals surface area contributed by atoms with E-state index in [0.717, 1.165) is 18.2 Å². The topological polar surface area (TPSA) is 102 Å². The minimum atomic E-state index is -1.10. The Hall–Kier alpha value is -4.18. The Morgan fingerprint density at radius 1 is 0.875 bits per heavy atom. The number of nitrogens with zero attached hydrogens (tertiary/aromatic N) is 2. The molecule has 0 saturated carbocycles. The van der Waals surface area contributed by atoms with Crippen LogP contribution in [0.15, 0.2) is 60.8 Å². The molecule has 3 aromatic carbocycles. The van der Waals surface area contributed by atoms with Gasteiger partial charge < -0.3 is 21.1 Å². The number of nitrogens with two attached hydrogens (primary N) is 1. The minimum absolute atomic E-state index is 0.0408. The third-order valence-corrected chi connectivity index (χ3v) is 4.37. The van der Waals surface area contributed by atoms with E-state index in [4.69, 9.17) is 10.5 Å². The number of fused-ring (bicyclic) bond motifs is 1. The molecule has 0 radical (unpaired) electrons. The van der Waals surface area contributed by atoms with E-state index < -0.39 is 23.5 Å². The number of ether oxygens (including phenoxy) is 1. The van der Waals surface area contributed by atoms with Crippen LogP contribution in [-0.2, 0) is 6.54 Å². The average molecular weight is 439 g/mol. The number of amides is 2. The molecule has 0 spiro atoms. The van der Waals surface area contributed by atoms with E-state index in [1.54, 1.807) is 24.4 Å². The molecule has 7 nitrogen and oxygen atoms in total. The number of hydrogen-bond donors (Lipinski definition) is 3. The van der Waals surface area contributed by atoms with Gasteiger partial charge in [-0.1, -0.05) is 0 Å². The summed E-state index contributed by atoms with van der Waals surface area (Å²) in [5.74, 6) is -2.59. The lowest BCUT2D eigenvalue weighted by Crippen LogP contribution is -2.19. The van der Waals surface area contributed by atoms with Crippen LogP contribution in [0.1, 0.15) is 5.69 Å². The van der Waals surface area contributed by atoms with Gasteiger partial charge in [-0.15, -0.1) is 0 Å². The maximum absolute atomic E-state index is 14.5. The largest absolute Gasteiger partial charge is 0.454 e. The lowest BCUT2D eigenvalue weighted by atomic mass is 10.2. The molecule has 162 valence electrons. The molecule has 0 aliphatic heterocycles. The van der Waals surface area contributed by atoms with E-state index in [1.807, 2.05) is 0 Å². The molecule has 4 rings (SSSR count). The summed E-state index contributed by atoms with van der Waals surface area (Å²) in [7, 11) is 0. The average Bonchev–Trinajstić information content (AvgIpc) is 2.77. The van der Waals surface area contributed by atoms with E-state index >= 15 is 0 Å². The lowest BCUT2D eigenvalue weighted by molar-refractivity contribution is 0.262. The Morgan fingerprint density at radius 2 is 1.59 bits per heavy atom. The smallest absolute Gasteiger partial charge is 0.323 e. The number of benzene rings is 3. The summed E-state index contributed by atoms with van der Waals surface area (Å²) in [4.78, 5) is 20.6. The molecular weight excluding hydrogens is 423 g/mol. The van der Waals surface area contributed by atoms with Crippen LogP contribution in [0.25, 0.3) is 11.0 Å². The lowest BCUT2D eigenvalue weighted by Gasteiger charge is -2.11. The number of carbonyl (C=O) groups is 1. The first-order valence-corrected chi connectivity index (χ1v) is 9.37. The van der Waals surface area contributed by atoms with Crippen molar-refractivity contribution >= 4 is 28.4 Å². The third-order valence-electron chi connectivity index (χ3n) is 4.37. The Bertz CT molecular complexity index is 1320. The van der Waals surface area contributed by atoms with Crippen molar-refractivity contribution in [2.24, 2.45) is 5.73 Å². The molecule has 0 fully saturated rings. The normalized spacial score (nSPS) is 10.8. The first kappa shape index (κ1) is 21.1. The molecule has 0 aliphatic carbocycles. The van der Waals surface area contributed by atoms with Gasteiger partial charge in [-0.3, -0.25) is 4.98 Å². The van der Waals surface area contributed by atoms with Crippen LogP contribution < -0.4 is 21.1 Å². The van der Waals surface area contributed by atoms with Crippen LogP contribution in [0.5, 0.6) is 11.5 Å². The maximum Gasteiger partial charge on any atom is 0.323 e. The summed E-state index contributed by atoms with van der Waals surface area (Å²) in [6, 6.07) is 10.9. The van der Waals surface area contributed by atoms with Gasteiger partial charge in [0.25, 0.3) is 0 Å². The van der Waals surface area contributed by atoms with E-state index in [2.05, 4.69) is 20.6 Å². The molecule has 10 heteroatoms. The summed E-state index contributed by atoms with van der Waals surface area (Å²) < 4.78 is 46.3. The second kappa shape index (κ2) is 8.90. The number of aromatic nitrogens is 2. The monoisotopic (exact) mass is 439 g/mol. The molecule has 32 heavy (non-hydrogen) atoms. The molecule has 0 bridgehead atoms. The van der Waals surface area contributed by atoms with Crippen LogP contribution in [0.4, 0.5) is 29.3 Å². The molecule has 1 heterocycles. The zero-order valence-electron chi connectivity index (χ0n) is 16.4. The van der Waals surface area contributed by atoms with Gasteiger partial charge in [0, 0.05) is 36.1 Å². The summed E-state index contributed by atoms with van der Waals surface area (Å²) in [6.45, 7) is 0.237. The Balaban J connectivity index is 1.45. The summed E-state index contributed by atoms with van der Waals surface area (Å²) in [6.07, 6.45) is 1.58. The SMILES string of the molecule is NCc1cnc2ccc(Oc3ccc(NC(=O)Nc4ccc(F)c(F)c4)cc3F)cc2n1. The van der Waals surface area contributed by atoms with E-state index in [1.165, 1.54) is 18.2 Å². The molecular formula is C22H16F3N5O2. The zero-order valence-corrected chi connectivity index (χ0v) is 16.4. The van der Waals surface area contributed by atoms with Crippen LogP contribution in [-0.4, -0.2) is 16.0 Å². The van der Waals surface area contributed by atoms with Crippen molar-refractivity contribution < 1.29 is 22.7 Å². The minimum Gasteiger partial charge on any atom is -0.454 e. The summed E-state index contributed by atoms with van der Waals surface area (Å²) in [5, 5.41) is 4.73. The fourth-order valence-corrected chi connectivity index (χ4v) is 2.85. The van der Waals surface area contributed by atoms with Gasteiger partial charge in [-0.05, 0) is 36.4 Å². The fraction of sp³-hybridized carbons (Fsp3) is 0.0455. The van der Waals surface area contributed by atoms with Gasteiger partial charge in [0.05, 0.1) is 22.9 Å². The molecule has 0 atom stereocenters. The quantitative estimate of drug-likeness (QED) is 0.409. The van der Waals surface area contributed by atoms with Gasteiger partial charge in [0.15, 0.2) is 23.2 Å². The van der Waals surface area contributed by atoms with Crippen molar-refractivity contribution in [2.45, 2.75) is 6.54 Å². The van der Waals surface area contributed by atoms with Gasteiger partial charge in [0.1, 0.15) is 5.75 Å². The Morgan fingerprint density at radius 3 is 2.28 bits per heavy atom. The van der Waals surface area contributed by atoms with Gasteiger partial charge in [-0.2, -0.15) is 0 Å². The van der Waals surface area contributed by atoms with Crippen molar-refractivity contribution in [2.75, 3.05) is 10.6 Å². The number of rotatable bonds is 5. The first-order valence-electron chi connectivity index (χ1n) is 9.37. The number of hydrogen-bond acceptors (Lipinski definition) is 5. The zero-order chi connectivity index (χ0) is 22.7. The number of halogens is 3. The fourth-order valence-electron chi connectivity index (χ4n) is 2.85. The summed E-state index contributed by atoms with van der Waals surface area (Å²) in [5.41, 5.74) is 7.55. The highest BCUT2D eigenvalue weighted by molar-refractivity contribution is 5.99. The van der Waals surface area contributed by atoms with Crippen LogP contribution in [0, 0.1) is 17.5 Å². The second-order valence-electron chi connectivity index (χ2n) is 6.67. The predicted molar refractivity (Wildman–Crippen MR) is 113 cm³/mol. The van der Waals surface area contributed by atoms with E-state index in [0.29, 0.717) is 22.5 Å². The highest BCUT2D eigenvalue weighted by Gasteiger charge is 2.11. The van der Waals surface area contributed by atoms with Crippen LogP contribution in [0.3, 0.4) is 0 Å². The number of carbonyl (C=O) groups excluding carboxylic acids is 1. The van der Waals surface area contributed by atoms with Crippen LogP contribution >= 0.6 is 0 Å². The molecule has 0 unspecified atom stereocenters. The molecule has 0 aliphatic rings. The molecule has 4 N–H and O–H groups in total. The predicted octanol–water partition coefficient (Wildman–Crippen LogP) is 4.94. The van der Waals surface area contributed by atoms with Crippen molar-refractivity contribution in [3.05, 3.63) is 83.9 Å². The van der Waals surface area contributed by atoms with Crippen LogP contribution in [0.2, 0.25) is 0 Å². The van der Waals surface area contributed by atoms with Gasteiger partial charge in [0.2, 0.25) is 0 Å². The van der Waals surface area contributed by atoms with E-state index in [9.17, 15) is 18.0 Å². The molecule has 0 saturated heterocycles. The van der Waals surface area contributed by atoms with Crippen molar-refractivity contribution in [3.63, 3.8) is 0 Å². The van der Waals surface area contributed by atoms with Crippen molar-refractivity contribution in [3.8, 4) is 11.5 Å². The maximum atomic E-state index is 14.5. The first-order chi connectivity index (χ1) is 15.4. The Kier molecular flexibility index (Phi) is 5.86. The summed E-state index contributed by atoms with van der Waals surface area (Å²) >= 11 is 0. The molecule has 2 amide bonds. The van der Waals surface area contributed by atoms with Gasteiger partial charge in [-0.25, -0.2) is 22.9 Å². The third kappa shape index (κ3) is 4.76. The van der Waals surface area contributed by atoms with Crippen molar-refractivity contribution in [1.29, 1.82) is 0 Å². The molecule has 4 aromatic rings. The number of nitrogens with one attached hydrogen (secondary N) is 2. The highest BCUT2D eigenvalue weighted by atomic mass is 19.2. The van der Waals surface area contributed by atoms with E-state index in [-0.39, 0.29) is 23.7 Å². The Labute approximate surface area is 180 Å².